The van der Waals surface area contributed by atoms with E-state index in [4.69, 9.17) is 11.6 Å². The van der Waals surface area contributed by atoms with Gasteiger partial charge in [-0.05, 0) is 42.0 Å². The van der Waals surface area contributed by atoms with Crippen LogP contribution in [0.5, 0.6) is 5.75 Å². The molecule has 0 aliphatic heterocycles. The Morgan fingerprint density at radius 3 is 2.55 bits per heavy atom. The fourth-order valence-corrected chi connectivity index (χ4v) is 1.69. The number of halogens is 2. The third-order valence-electron chi connectivity index (χ3n) is 2.51. The van der Waals surface area contributed by atoms with E-state index in [0.717, 1.165) is 0 Å². The molecule has 2 aromatic rings. The van der Waals surface area contributed by atoms with Crippen molar-refractivity contribution in [1.82, 2.24) is 0 Å². The zero-order valence-electron chi connectivity index (χ0n) is 10.3. The fraction of sp³-hybridized carbons (Fsp3) is 0. The number of aromatic hydroxyl groups is 1. The lowest BCUT2D eigenvalue weighted by molar-refractivity contribution is -0.111. The van der Waals surface area contributed by atoms with Crippen molar-refractivity contribution < 1.29 is 14.3 Å². The van der Waals surface area contributed by atoms with Gasteiger partial charge in [0, 0.05) is 11.8 Å². The monoisotopic (exact) mass is 291 g/mol. The molecule has 5 heteroatoms. The predicted molar refractivity (Wildman–Crippen MR) is 77.2 cm³/mol. The van der Waals surface area contributed by atoms with Crippen molar-refractivity contribution in [3.8, 4) is 5.75 Å². The van der Waals surface area contributed by atoms with Crippen LogP contribution in [-0.2, 0) is 4.79 Å². The highest BCUT2D eigenvalue weighted by Gasteiger charge is 2.02. The number of anilines is 1. The number of benzene rings is 2. The molecule has 2 aromatic carbocycles. The summed E-state index contributed by atoms with van der Waals surface area (Å²) in [6.45, 7) is 0. The van der Waals surface area contributed by atoms with Crippen LogP contribution in [0.15, 0.2) is 48.5 Å². The van der Waals surface area contributed by atoms with Gasteiger partial charge in [0.05, 0.1) is 5.02 Å². The molecule has 0 fully saturated rings. The van der Waals surface area contributed by atoms with Crippen LogP contribution in [0, 0.1) is 5.82 Å². The number of rotatable bonds is 3. The number of phenolic OH excluding ortho intramolecular Hbond substituents is 1. The summed E-state index contributed by atoms with van der Waals surface area (Å²) in [6, 6.07) is 10.1. The molecule has 0 spiro atoms. The quantitative estimate of drug-likeness (QED) is 0.667. The van der Waals surface area contributed by atoms with E-state index < -0.39 is 0 Å². The van der Waals surface area contributed by atoms with E-state index in [1.54, 1.807) is 18.2 Å². The summed E-state index contributed by atoms with van der Waals surface area (Å²) >= 11 is 5.73. The minimum Gasteiger partial charge on any atom is -0.506 e. The third-order valence-corrected chi connectivity index (χ3v) is 2.82. The van der Waals surface area contributed by atoms with Crippen molar-refractivity contribution in [1.29, 1.82) is 0 Å². The highest BCUT2D eigenvalue weighted by molar-refractivity contribution is 6.32. The standard InChI is InChI=1S/C15H11ClFNO2/c16-13-9-12(6-7-14(13)19)18-15(20)8-3-10-1-4-11(17)5-2-10/h1-9,19H,(H,18,20). The second-order valence-corrected chi connectivity index (χ2v) is 4.45. The molecule has 20 heavy (non-hydrogen) atoms. The van der Waals surface area contributed by atoms with Crippen molar-refractivity contribution >= 4 is 29.3 Å². The van der Waals surface area contributed by atoms with E-state index in [-0.39, 0.29) is 22.5 Å². The normalized spacial score (nSPS) is 10.7. The Morgan fingerprint density at radius 2 is 1.90 bits per heavy atom. The number of carbonyl (C=O) groups excluding carboxylic acids is 1. The van der Waals surface area contributed by atoms with Gasteiger partial charge in [-0.25, -0.2) is 4.39 Å². The molecule has 0 atom stereocenters. The van der Waals surface area contributed by atoms with Gasteiger partial charge >= 0.3 is 0 Å². The van der Waals surface area contributed by atoms with Crippen LogP contribution in [0.25, 0.3) is 6.08 Å². The van der Waals surface area contributed by atoms with Crippen LogP contribution in [-0.4, -0.2) is 11.0 Å². The number of nitrogens with one attached hydrogen (secondary N) is 1. The van der Waals surface area contributed by atoms with Gasteiger partial charge in [-0.2, -0.15) is 0 Å². The van der Waals surface area contributed by atoms with E-state index in [1.807, 2.05) is 0 Å². The molecule has 0 saturated carbocycles. The molecule has 2 N–H and O–H groups in total. The highest BCUT2D eigenvalue weighted by Crippen LogP contribution is 2.25. The Morgan fingerprint density at radius 1 is 1.20 bits per heavy atom. The minimum atomic E-state index is -0.351. The maximum atomic E-state index is 12.7. The largest absolute Gasteiger partial charge is 0.506 e. The Bertz CT molecular complexity index is 653. The topological polar surface area (TPSA) is 49.3 Å². The molecule has 0 heterocycles. The van der Waals surface area contributed by atoms with Gasteiger partial charge in [0.2, 0.25) is 5.91 Å². The summed E-state index contributed by atoms with van der Waals surface area (Å²) in [5.41, 5.74) is 1.19. The first-order valence-electron chi connectivity index (χ1n) is 5.78. The Hall–Kier alpha value is -2.33. The number of amides is 1. The first-order valence-corrected chi connectivity index (χ1v) is 6.15. The van der Waals surface area contributed by atoms with E-state index in [1.165, 1.54) is 36.4 Å². The van der Waals surface area contributed by atoms with Crippen LogP contribution in [0.3, 0.4) is 0 Å². The van der Waals surface area contributed by atoms with Crippen molar-refractivity contribution in [2.45, 2.75) is 0 Å². The average Bonchev–Trinajstić information content (AvgIpc) is 2.42. The van der Waals surface area contributed by atoms with Crippen LogP contribution in [0.4, 0.5) is 10.1 Å². The summed E-state index contributed by atoms with van der Waals surface area (Å²) in [4.78, 5) is 11.7. The molecule has 0 aliphatic rings. The molecule has 1 amide bonds. The molecule has 0 aromatic heterocycles. The number of hydrogen-bond acceptors (Lipinski definition) is 2. The Kier molecular flexibility index (Phi) is 4.38. The highest BCUT2D eigenvalue weighted by atomic mass is 35.5. The van der Waals surface area contributed by atoms with Gasteiger partial charge in [0.25, 0.3) is 0 Å². The lowest BCUT2D eigenvalue weighted by Gasteiger charge is -2.03. The molecule has 3 nitrogen and oxygen atoms in total. The molecule has 2 rings (SSSR count). The van der Waals surface area contributed by atoms with Crippen molar-refractivity contribution in [3.63, 3.8) is 0 Å². The van der Waals surface area contributed by atoms with E-state index in [2.05, 4.69) is 5.32 Å². The Labute approximate surface area is 120 Å². The second-order valence-electron chi connectivity index (χ2n) is 4.04. The molecule has 102 valence electrons. The van der Waals surface area contributed by atoms with Crippen LogP contribution in [0.2, 0.25) is 5.02 Å². The molecule has 0 radical (unpaired) electrons. The van der Waals surface area contributed by atoms with E-state index in [0.29, 0.717) is 11.3 Å². The van der Waals surface area contributed by atoms with E-state index >= 15 is 0 Å². The molecular formula is C15H11ClFNO2. The van der Waals surface area contributed by atoms with Gasteiger partial charge in [-0.1, -0.05) is 23.7 Å². The first kappa shape index (κ1) is 14.1. The van der Waals surface area contributed by atoms with Crippen LogP contribution < -0.4 is 5.32 Å². The van der Waals surface area contributed by atoms with Gasteiger partial charge in [0.1, 0.15) is 11.6 Å². The van der Waals surface area contributed by atoms with Crippen LogP contribution in [0.1, 0.15) is 5.56 Å². The number of phenols is 1. The lowest BCUT2D eigenvalue weighted by atomic mass is 10.2. The van der Waals surface area contributed by atoms with E-state index in [9.17, 15) is 14.3 Å². The molecule has 0 unspecified atom stereocenters. The summed E-state index contributed by atoms with van der Waals surface area (Å²) in [5, 5.41) is 12.0. The molecule has 0 saturated heterocycles. The lowest BCUT2D eigenvalue weighted by Crippen LogP contribution is -2.07. The van der Waals surface area contributed by atoms with Gasteiger partial charge < -0.3 is 10.4 Å². The van der Waals surface area contributed by atoms with Crippen molar-refractivity contribution in [2.75, 3.05) is 5.32 Å². The molecular weight excluding hydrogens is 281 g/mol. The van der Waals surface area contributed by atoms with Crippen molar-refractivity contribution in [2.24, 2.45) is 0 Å². The third kappa shape index (κ3) is 3.83. The maximum Gasteiger partial charge on any atom is 0.248 e. The summed E-state index contributed by atoms with van der Waals surface area (Å²) < 4.78 is 12.7. The second kappa shape index (κ2) is 6.21. The minimum absolute atomic E-state index is 0.0495. The fourth-order valence-electron chi connectivity index (χ4n) is 1.51. The Balaban J connectivity index is 2.01. The predicted octanol–water partition coefficient (Wildman–Crippen LogP) is 3.84. The molecule has 0 aliphatic carbocycles. The first-order chi connectivity index (χ1) is 9.54. The molecule has 0 bridgehead atoms. The SMILES string of the molecule is O=C(C=Cc1ccc(F)cc1)Nc1ccc(O)c(Cl)c1. The zero-order chi connectivity index (χ0) is 14.5. The summed E-state index contributed by atoms with van der Waals surface area (Å²) in [5.74, 6) is -0.729. The smallest absolute Gasteiger partial charge is 0.248 e. The zero-order valence-corrected chi connectivity index (χ0v) is 11.1. The number of hydrogen-bond donors (Lipinski definition) is 2. The van der Waals surface area contributed by atoms with Crippen LogP contribution >= 0.6 is 11.6 Å². The van der Waals surface area contributed by atoms with Gasteiger partial charge in [0.15, 0.2) is 0 Å². The number of carbonyl (C=O) groups is 1. The van der Waals surface area contributed by atoms with Crippen molar-refractivity contribution in [3.05, 3.63) is 64.9 Å². The van der Waals surface area contributed by atoms with Gasteiger partial charge in [-0.3, -0.25) is 4.79 Å². The summed E-state index contributed by atoms with van der Waals surface area (Å²) in [7, 11) is 0. The maximum absolute atomic E-state index is 12.7. The van der Waals surface area contributed by atoms with Gasteiger partial charge in [-0.15, -0.1) is 0 Å². The average molecular weight is 292 g/mol. The summed E-state index contributed by atoms with van der Waals surface area (Å²) in [6.07, 6.45) is 2.89.